The topological polar surface area (TPSA) is 98.0 Å². The minimum Gasteiger partial charge on any atom is -0.481 e. The zero-order chi connectivity index (χ0) is 21.2. The Hall–Kier alpha value is -0.650. The van der Waals surface area contributed by atoms with Crippen LogP contribution >= 0.6 is 0 Å². The van der Waals surface area contributed by atoms with Crippen molar-refractivity contribution in [2.45, 2.75) is 103 Å². The number of rotatable bonds is 4. The van der Waals surface area contributed by atoms with E-state index in [-0.39, 0.29) is 17.3 Å². The van der Waals surface area contributed by atoms with Gasteiger partial charge in [-0.25, -0.2) is 0 Å². The third-order valence-electron chi connectivity index (χ3n) is 10.4. The van der Waals surface area contributed by atoms with Crippen molar-refractivity contribution >= 4 is 5.97 Å². The van der Waals surface area contributed by atoms with Gasteiger partial charge in [0.2, 0.25) is 0 Å². The van der Waals surface area contributed by atoms with Crippen LogP contribution in [0.3, 0.4) is 0 Å². The van der Waals surface area contributed by atoms with Gasteiger partial charge in [0, 0.05) is 18.3 Å². The van der Waals surface area contributed by atoms with E-state index >= 15 is 0 Å². The Morgan fingerprint density at radius 2 is 1.79 bits per heavy atom. The maximum absolute atomic E-state index is 11.5. The second-order valence-electron chi connectivity index (χ2n) is 11.5. The number of carboxylic acid groups (broad SMARTS) is 1. The van der Waals surface area contributed by atoms with Gasteiger partial charge in [0.15, 0.2) is 0 Å². The highest BCUT2D eigenvalue weighted by Crippen LogP contribution is 2.69. The zero-order valence-electron chi connectivity index (χ0n) is 18.3. The molecule has 5 nitrogen and oxygen atoms in total. The molecule has 0 aromatic carbocycles. The summed E-state index contributed by atoms with van der Waals surface area (Å²) in [5.74, 6) is 1.61. The van der Waals surface area contributed by atoms with Crippen LogP contribution in [0.5, 0.6) is 0 Å². The number of hydrogen-bond acceptors (Lipinski definition) is 4. The van der Waals surface area contributed by atoms with Crippen LogP contribution in [-0.4, -0.2) is 44.2 Å². The van der Waals surface area contributed by atoms with E-state index in [0.29, 0.717) is 48.9 Å². The van der Waals surface area contributed by atoms with E-state index in [4.69, 9.17) is 5.11 Å². The fourth-order valence-corrected chi connectivity index (χ4v) is 8.79. The predicted octanol–water partition coefficient (Wildman–Crippen LogP) is 3.59. The molecule has 4 aliphatic carbocycles. The second kappa shape index (κ2) is 7.20. The Bertz CT molecular complexity index is 651. The molecular formula is C24H40O5. The maximum atomic E-state index is 11.5. The Labute approximate surface area is 174 Å². The summed E-state index contributed by atoms with van der Waals surface area (Å²) in [6, 6.07) is 0. The Morgan fingerprint density at radius 3 is 2.48 bits per heavy atom. The standard InChI is InChI=1S/C24H40O5/c1-14(4-7-21(27)28)17-5-6-18-16-12-20(26)24(29)13-15(25)8-11-23(24,3)19(16)9-10-22(17,18)2/h14-20,25-26,29H,4-13H2,1-3H3,(H,27,28)/t14-,15+,16?,17?,18?,19?,20-,22-,23-,24+/m1/s1. The highest BCUT2D eigenvalue weighted by Gasteiger charge is 2.67. The first kappa shape index (κ1) is 21.6. The lowest BCUT2D eigenvalue weighted by Gasteiger charge is -2.65. The molecule has 4 rings (SSSR count). The van der Waals surface area contributed by atoms with Gasteiger partial charge in [-0.05, 0) is 86.4 Å². The number of aliphatic hydroxyl groups excluding tert-OH is 2. The van der Waals surface area contributed by atoms with Crippen LogP contribution in [0.25, 0.3) is 0 Å². The number of fused-ring (bicyclic) bond motifs is 5. The van der Waals surface area contributed by atoms with Gasteiger partial charge in [0.25, 0.3) is 0 Å². The molecule has 4 saturated carbocycles. The van der Waals surface area contributed by atoms with Gasteiger partial charge in [-0.15, -0.1) is 0 Å². The number of carboxylic acids is 1. The monoisotopic (exact) mass is 408 g/mol. The van der Waals surface area contributed by atoms with Gasteiger partial charge in [0.1, 0.15) is 0 Å². The first-order chi connectivity index (χ1) is 13.5. The smallest absolute Gasteiger partial charge is 0.303 e. The van der Waals surface area contributed by atoms with E-state index in [0.717, 1.165) is 38.5 Å². The minimum absolute atomic E-state index is 0.207. The van der Waals surface area contributed by atoms with Crippen LogP contribution in [0.1, 0.15) is 85.0 Å². The van der Waals surface area contributed by atoms with Gasteiger partial charge in [0.05, 0.1) is 17.8 Å². The summed E-state index contributed by atoms with van der Waals surface area (Å²) in [6.07, 6.45) is 6.65. The van der Waals surface area contributed by atoms with E-state index in [2.05, 4.69) is 20.8 Å². The number of aliphatic hydroxyl groups is 3. The Balaban J connectivity index is 1.58. The molecule has 0 bridgehead atoms. The minimum atomic E-state index is -1.17. The third kappa shape index (κ3) is 3.10. The highest BCUT2D eigenvalue weighted by atomic mass is 16.4. The highest BCUT2D eigenvalue weighted by molar-refractivity contribution is 5.66. The van der Waals surface area contributed by atoms with Gasteiger partial charge in [-0.2, -0.15) is 0 Å². The largest absolute Gasteiger partial charge is 0.481 e. The summed E-state index contributed by atoms with van der Waals surface area (Å²) in [7, 11) is 0. The molecule has 0 heterocycles. The van der Waals surface area contributed by atoms with Gasteiger partial charge < -0.3 is 20.4 Å². The molecule has 29 heavy (non-hydrogen) atoms. The summed E-state index contributed by atoms with van der Waals surface area (Å²) in [6.45, 7) is 6.82. The van der Waals surface area contributed by atoms with E-state index in [1.54, 1.807) is 0 Å². The van der Waals surface area contributed by atoms with Crippen molar-refractivity contribution < 1.29 is 25.2 Å². The van der Waals surface area contributed by atoms with Crippen molar-refractivity contribution in [2.24, 2.45) is 40.4 Å². The molecule has 0 saturated heterocycles. The summed E-state index contributed by atoms with van der Waals surface area (Å²) in [5, 5.41) is 41.9. The summed E-state index contributed by atoms with van der Waals surface area (Å²) in [5.41, 5.74) is -1.30. The lowest BCUT2D eigenvalue weighted by molar-refractivity contribution is -0.264. The first-order valence-electron chi connectivity index (χ1n) is 11.8. The van der Waals surface area contributed by atoms with Crippen molar-refractivity contribution in [3.8, 4) is 0 Å². The zero-order valence-corrected chi connectivity index (χ0v) is 18.3. The van der Waals surface area contributed by atoms with Crippen LogP contribution in [0.15, 0.2) is 0 Å². The second-order valence-corrected chi connectivity index (χ2v) is 11.5. The van der Waals surface area contributed by atoms with Crippen LogP contribution < -0.4 is 0 Å². The summed E-state index contributed by atoms with van der Waals surface area (Å²) < 4.78 is 0. The molecule has 0 amide bonds. The van der Waals surface area contributed by atoms with Crippen molar-refractivity contribution in [2.75, 3.05) is 0 Å². The first-order valence-corrected chi connectivity index (χ1v) is 11.8. The number of aliphatic carboxylic acids is 1. The summed E-state index contributed by atoms with van der Waals surface area (Å²) in [4.78, 5) is 11.1. The molecule has 166 valence electrons. The molecule has 10 atom stereocenters. The van der Waals surface area contributed by atoms with Crippen LogP contribution in [0, 0.1) is 40.4 Å². The molecule has 5 heteroatoms. The van der Waals surface area contributed by atoms with Gasteiger partial charge >= 0.3 is 5.97 Å². The lowest BCUT2D eigenvalue weighted by Crippen LogP contribution is -2.68. The van der Waals surface area contributed by atoms with Gasteiger partial charge in [-0.3, -0.25) is 4.79 Å². The molecule has 4 N–H and O–H groups in total. The third-order valence-corrected chi connectivity index (χ3v) is 10.4. The van der Waals surface area contributed by atoms with Crippen LogP contribution in [-0.2, 0) is 4.79 Å². The van der Waals surface area contributed by atoms with Crippen molar-refractivity contribution in [1.29, 1.82) is 0 Å². The fourth-order valence-electron chi connectivity index (χ4n) is 8.79. The van der Waals surface area contributed by atoms with Crippen LogP contribution in [0.4, 0.5) is 0 Å². The average Bonchev–Trinajstić information content (AvgIpc) is 3.00. The van der Waals surface area contributed by atoms with Crippen molar-refractivity contribution in [3.05, 3.63) is 0 Å². The molecule has 0 aromatic rings. The van der Waals surface area contributed by atoms with Crippen LogP contribution in [0.2, 0.25) is 0 Å². The fraction of sp³-hybridized carbons (Fsp3) is 0.958. The van der Waals surface area contributed by atoms with E-state index in [1.807, 2.05) is 0 Å². The predicted molar refractivity (Wildman–Crippen MR) is 110 cm³/mol. The lowest BCUT2D eigenvalue weighted by atomic mass is 9.42. The molecule has 0 spiro atoms. The summed E-state index contributed by atoms with van der Waals surface area (Å²) >= 11 is 0. The van der Waals surface area contributed by atoms with E-state index < -0.39 is 23.8 Å². The molecule has 0 aromatic heterocycles. The quantitative estimate of drug-likeness (QED) is 0.570. The SMILES string of the molecule is C[C@H](CCC(=O)O)C1CCC2C3C[C@@H](O)[C@@]4(O)C[C@@H](O)CC[C@]4(C)C3CC[C@@]21C. The number of hydrogen-bond donors (Lipinski definition) is 4. The maximum Gasteiger partial charge on any atom is 0.303 e. The Kier molecular flexibility index (Phi) is 5.36. The number of carbonyl (C=O) groups is 1. The molecular weight excluding hydrogens is 368 g/mol. The van der Waals surface area contributed by atoms with Gasteiger partial charge in [-0.1, -0.05) is 20.8 Å². The van der Waals surface area contributed by atoms with Crippen molar-refractivity contribution in [3.63, 3.8) is 0 Å². The normalized spacial score (nSPS) is 52.9. The molecule has 4 unspecified atom stereocenters. The molecule has 4 aliphatic rings. The molecule has 4 fully saturated rings. The molecule has 0 aliphatic heterocycles. The van der Waals surface area contributed by atoms with Crippen molar-refractivity contribution in [1.82, 2.24) is 0 Å². The average molecular weight is 409 g/mol. The van der Waals surface area contributed by atoms with E-state index in [1.165, 1.54) is 0 Å². The Morgan fingerprint density at radius 1 is 1.07 bits per heavy atom. The van der Waals surface area contributed by atoms with E-state index in [9.17, 15) is 20.1 Å². The molecule has 0 radical (unpaired) electrons.